The summed E-state index contributed by atoms with van der Waals surface area (Å²) in [7, 11) is 0. The summed E-state index contributed by atoms with van der Waals surface area (Å²) in [5, 5.41) is 9.66. The van der Waals surface area contributed by atoms with E-state index in [2.05, 4.69) is 13.8 Å². The van der Waals surface area contributed by atoms with Crippen LogP contribution < -0.4 is 0 Å². The Hall–Kier alpha value is -1.51. The molecule has 0 aromatic heterocycles. The van der Waals surface area contributed by atoms with Crippen LogP contribution in [0.5, 0.6) is 5.75 Å². The van der Waals surface area contributed by atoms with Gasteiger partial charge in [-0.3, -0.25) is 4.79 Å². The number of carbonyl (C=O) groups is 1. The highest BCUT2D eigenvalue weighted by Gasteiger charge is 2.35. The van der Waals surface area contributed by atoms with E-state index < -0.39 is 0 Å². The van der Waals surface area contributed by atoms with Crippen molar-refractivity contribution in [1.82, 2.24) is 4.90 Å². The summed E-state index contributed by atoms with van der Waals surface area (Å²) >= 11 is 0. The van der Waals surface area contributed by atoms with Crippen LogP contribution >= 0.6 is 0 Å². The third-order valence-electron chi connectivity index (χ3n) is 3.54. The number of phenols is 1. The van der Waals surface area contributed by atoms with Crippen LogP contribution in [0, 0.1) is 0 Å². The molecule has 2 rings (SSSR count). The Morgan fingerprint density at radius 3 is 2.71 bits per heavy atom. The van der Waals surface area contributed by atoms with E-state index in [0.717, 1.165) is 19.4 Å². The van der Waals surface area contributed by atoms with Gasteiger partial charge in [-0.2, -0.15) is 0 Å². The van der Waals surface area contributed by atoms with E-state index in [-0.39, 0.29) is 23.6 Å². The molecule has 1 N–H and O–H groups in total. The van der Waals surface area contributed by atoms with Crippen molar-refractivity contribution >= 4 is 5.91 Å². The van der Waals surface area contributed by atoms with E-state index >= 15 is 0 Å². The first-order valence-corrected chi connectivity index (χ1v) is 6.08. The number of hydrogen-bond donors (Lipinski definition) is 1. The zero-order valence-corrected chi connectivity index (χ0v) is 10.4. The lowest BCUT2D eigenvalue weighted by Gasteiger charge is -2.31. The van der Waals surface area contributed by atoms with Crippen LogP contribution in [0.25, 0.3) is 0 Å². The number of rotatable bonds is 2. The first-order chi connectivity index (χ1) is 8.00. The van der Waals surface area contributed by atoms with Crippen molar-refractivity contribution in [3.63, 3.8) is 0 Å². The van der Waals surface area contributed by atoms with E-state index in [1.165, 1.54) is 0 Å². The molecule has 92 valence electrons. The Morgan fingerprint density at radius 2 is 2.12 bits per heavy atom. The molecular formula is C14H19NO2. The Balaban J connectivity index is 2.10. The Labute approximate surface area is 102 Å². The fourth-order valence-electron chi connectivity index (χ4n) is 2.49. The van der Waals surface area contributed by atoms with E-state index in [9.17, 15) is 9.90 Å². The summed E-state index contributed by atoms with van der Waals surface area (Å²) < 4.78 is 0. The van der Waals surface area contributed by atoms with Gasteiger partial charge in [0.2, 0.25) is 5.91 Å². The minimum Gasteiger partial charge on any atom is -0.508 e. The van der Waals surface area contributed by atoms with E-state index in [1.54, 1.807) is 18.2 Å². The molecule has 3 heteroatoms. The number of likely N-dealkylation sites (tertiary alicyclic amines) is 1. The average molecular weight is 233 g/mol. The highest BCUT2D eigenvalue weighted by molar-refractivity contribution is 5.80. The summed E-state index contributed by atoms with van der Waals surface area (Å²) in [6.45, 7) is 5.03. The molecule has 1 heterocycles. The molecule has 0 spiro atoms. The van der Waals surface area contributed by atoms with Crippen molar-refractivity contribution in [2.45, 2.75) is 38.6 Å². The molecule has 1 aliphatic heterocycles. The van der Waals surface area contributed by atoms with Gasteiger partial charge in [-0.05, 0) is 32.8 Å². The molecule has 1 aromatic carbocycles. The molecule has 0 radical (unpaired) electrons. The Kier molecular flexibility index (Phi) is 3.09. The van der Waals surface area contributed by atoms with Gasteiger partial charge in [0.1, 0.15) is 5.75 Å². The number of hydrogen-bond acceptors (Lipinski definition) is 2. The number of carbonyl (C=O) groups excluding carboxylic acids is 1. The van der Waals surface area contributed by atoms with Crippen LogP contribution in [0.15, 0.2) is 24.3 Å². The predicted octanol–water partition coefficient (Wildman–Crippen LogP) is 2.34. The van der Waals surface area contributed by atoms with Crippen molar-refractivity contribution in [2.75, 3.05) is 6.54 Å². The van der Waals surface area contributed by atoms with Crippen molar-refractivity contribution in [3.8, 4) is 5.75 Å². The molecule has 1 aromatic rings. The maximum absolute atomic E-state index is 12.2. The first kappa shape index (κ1) is 12.0. The van der Waals surface area contributed by atoms with Crippen molar-refractivity contribution in [2.24, 2.45) is 0 Å². The van der Waals surface area contributed by atoms with Gasteiger partial charge in [-0.25, -0.2) is 0 Å². The van der Waals surface area contributed by atoms with Crippen molar-refractivity contribution in [1.29, 1.82) is 0 Å². The second kappa shape index (κ2) is 4.40. The molecule has 0 atom stereocenters. The quantitative estimate of drug-likeness (QED) is 0.851. The second-order valence-electron chi connectivity index (χ2n) is 5.27. The molecule has 0 saturated carbocycles. The fourth-order valence-corrected chi connectivity index (χ4v) is 2.49. The van der Waals surface area contributed by atoms with Gasteiger partial charge in [0.05, 0.1) is 6.42 Å². The van der Waals surface area contributed by atoms with Gasteiger partial charge < -0.3 is 10.0 Å². The van der Waals surface area contributed by atoms with Gasteiger partial charge in [0.15, 0.2) is 0 Å². The smallest absolute Gasteiger partial charge is 0.227 e. The van der Waals surface area contributed by atoms with Gasteiger partial charge in [-0.1, -0.05) is 18.2 Å². The summed E-state index contributed by atoms with van der Waals surface area (Å²) in [6.07, 6.45) is 2.41. The highest BCUT2D eigenvalue weighted by atomic mass is 16.3. The zero-order valence-electron chi connectivity index (χ0n) is 10.4. The first-order valence-electron chi connectivity index (χ1n) is 6.08. The molecule has 3 nitrogen and oxygen atoms in total. The number of phenolic OH excluding ortho intramolecular Hbond substituents is 1. The largest absolute Gasteiger partial charge is 0.508 e. The van der Waals surface area contributed by atoms with E-state index in [1.807, 2.05) is 11.0 Å². The Bertz CT molecular complexity index is 426. The van der Waals surface area contributed by atoms with Gasteiger partial charge >= 0.3 is 0 Å². The van der Waals surface area contributed by atoms with Gasteiger partial charge in [0, 0.05) is 17.6 Å². The summed E-state index contributed by atoms with van der Waals surface area (Å²) in [4.78, 5) is 14.1. The number of aromatic hydroxyl groups is 1. The highest BCUT2D eigenvalue weighted by Crippen LogP contribution is 2.29. The lowest BCUT2D eigenvalue weighted by atomic mass is 10.0. The van der Waals surface area contributed by atoms with Crippen LogP contribution in [0.3, 0.4) is 0 Å². The molecule has 0 unspecified atom stereocenters. The fraction of sp³-hybridized carbons (Fsp3) is 0.500. The monoisotopic (exact) mass is 233 g/mol. The molecule has 0 aliphatic carbocycles. The molecule has 1 amide bonds. The predicted molar refractivity (Wildman–Crippen MR) is 66.8 cm³/mol. The number of para-hydroxylation sites is 1. The second-order valence-corrected chi connectivity index (χ2v) is 5.27. The Morgan fingerprint density at radius 1 is 1.41 bits per heavy atom. The minimum atomic E-state index is -0.0402. The molecular weight excluding hydrogens is 214 g/mol. The van der Waals surface area contributed by atoms with Crippen LogP contribution in [0.1, 0.15) is 32.3 Å². The van der Waals surface area contributed by atoms with E-state index in [4.69, 9.17) is 0 Å². The summed E-state index contributed by atoms with van der Waals surface area (Å²) in [5.41, 5.74) is 0.668. The third kappa shape index (κ3) is 2.43. The van der Waals surface area contributed by atoms with Gasteiger partial charge in [-0.15, -0.1) is 0 Å². The third-order valence-corrected chi connectivity index (χ3v) is 3.54. The van der Waals surface area contributed by atoms with Crippen LogP contribution in [-0.4, -0.2) is 28.0 Å². The maximum Gasteiger partial charge on any atom is 0.227 e. The van der Waals surface area contributed by atoms with Gasteiger partial charge in [0.25, 0.3) is 0 Å². The van der Waals surface area contributed by atoms with Crippen molar-refractivity contribution in [3.05, 3.63) is 29.8 Å². The molecule has 1 fully saturated rings. The lowest BCUT2D eigenvalue weighted by Crippen LogP contribution is -2.43. The summed E-state index contributed by atoms with van der Waals surface area (Å²) in [6, 6.07) is 7.04. The molecule has 17 heavy (non-hydrogen) atoms. The summed E-state index contributed by atoms with van der Waals surface area (Å²) in [5.74, 6) is 0.312. The van der Waals surface area contributed by atoms with Crippen LogP contribution in [0.2, 0.25) is 0 Å². The number of nitrogens with zero attached hydrogens (tertiary/aromatic N) is 1. The topological polar surface area (TPSA) is 40.5 Å². The molecule has 1 saturated heterocycles. The van der Waals surface area contributed by atoms with Crippen LogP contribution in [-0.2, 0) is 11.2 Å². The number of benzene rings is 1. The van der Waals surface area contributed by atoms with Crippen LogP contribution in [0.4, 0.5) is 0 Å². The van der Waals surface area contributed by atoms with Crippen molar-refractivity contribution < 1.29 is 9.90 Å². The molecule has 1 aliphatic rings. The normalized spacial score (nSPS) is 18.4. The minimum absolute atomic E-state index is 0.0402. The standard InChI is InChI=1S/C14H19NO2/c1-14(2)8-5-9-15(14)13(17)10-11-6-3-4-7-12(11)16/h3-4,6-7,16H,5,8-10H2,1-2H3. The lowest BCUT2D eigenvalue weighted by molar-refractivity contribution is -0.133. The molecule has 0 bridgehead atoms. The maximum atomic E-state index is 12.2. The van der Waals surface area contributed by atoms with E-state index in [0.29, 0.717) is 5.56 Å². The zero-order chi connectivity index (χ0) is 12.5. The average Bonchev–Trinajstić information content (AvgIpc) is 2.61. The SMILES string of the molecule is CC1(C)CCCN1C(=O)Cc1ccccc1O. The number of amides is 1.